The number of nitrogens with zero attached hydrogens (tertiary/aromatic N) is 3. The number of fused-ring (bicyclic) bond motifs is 2. The number of aromatic nitrogens is 4. The topological polar surface area (TPSA) is 83.6 Å². The third-order valence-corrected chi connectivity index (χ3v) is 3.46. The van der Waals surface area contributed by atoms with Crippen LogP contribution in [0.2, 0.25) is 0 Å². The first-order valence-corrected chi connectivity index (χ1v) is 6.75. The molecule has 0 spiro atoms. The van der Waals surface area contributed by atoms with Crippen LogP contribution in [0.15, 0.2) is 55.0 Å². The Balaban J connectivity index is 1.71. The summed E-state index contributed by atoms with van der Waals surface area (Å²) in [5.41, 5.74) is 2.65. The molecule has 0 bridgehead atoms. The highest BCUT2D eigenvalue weighted by Gasteiger charge is 2.12. The second kappa shape index (κ2) is 4.92. The van der Waals surface area contributed by atoms with Gasteiger partial charge < -0.3 is 5.32 Å². The summed E-state index contributed by atoms with van der Waals surface area (Å²) in [4.78, 5) is 20.7. The van der Waals surface area contributed by atoms with Gasteiger partial charge in [0.05, 0.1) is 17.2 Å². The third kappa shape index (κ3) is 2.07. The molecule has 0 atom stereocenters. The van der Waals surface area contributed by atoms with Gasteiger partial charge in [-0.25, -0.2) is 9.97 Å². The van der Waals surface area contributed by atoms with Crippen molar-refractivity contribution in [2.75, 3.05) is 5.32 Å². The lowest BCUT2D eigenvalue weighted by Gasteiger charge is -2.06. The molecule has 2 heterocycles. The van der Waals surface area contributed by atoms with Gasteiger partial charge >= 0.3 is 0 Å². The minimum Gasteiger partial charge on any atom is -0.321 e. The molecule has 4 aromatic rings. The van der Waals surface area contributed by atoms with Crippen LogP contribution in [0.5, 0.6) is 0 Å². The molecular weight excluding hydrogens is 278 g/mol. The van der Waals surface area contributed by atoms with E-state index in [1.54, 1.807) is 6.20 Å². The summed E-state index contributed by atoms with van der Waals surface area (Å²) in [5.74, 6) is -0.266. The molecule has 2 N–H and O–H groups in total. The van der Waals surface area contributed by atoms with Gasteiger partial charge in [-0.05, 0) is 24.3 Å². The van der Waals surface area contributed by atoms with Gasteiger partial charge in [-0.2, -0.15) is 5.10 Å². The summed E-state index contributed by atoms with van der Waals surface area (Å²) in [7, 11) is 0. The van der Waals surface area contributed by atoms with Gasteiger partial charge in [-0.15, -0.1) is 0 Å². The molecule has 0 saturated carbocycles. The van der Waals surface area contributed by atoms with E-state index >= 15 is 0 Å². The van der Waals surface area contributed by atoms with Crippen LogP contribution in [0, 0.1) is 0 Å². The minimum absolute atomic E-state index is 0.266. The SMILES string of the molecule is O=C(Nc1ccc2cn[nH]c2c1)c1ncnc2ccccc12. The highest BCUT2D eigenvalue weighted by molar-refractivity contribution is 6.11. The van der Waals surface area contributed by atoms with Crippen molar-refractivity contribution in [2.24, 2.45) is 0 Å². The maximum Gasteiger partial charge on any atom is 0.275 e. The number of H-pyrrole nitrogens is 1. The maximum atomic E-state index is 12.5. The fourth-order valence-corrected chi connectivity index (χ4v) is 2.39. The summed E-state index contributed by atoms with van der Waals surface area (Å²) in [6.07, 6.45) is 3.13. The van der Waals surface area contributed by atoms with Crippen molar-refractivity contribution in [2.45, 2.75) is 0 Å². The molecule has 106 valence electrons. The molecule has 2 aromatic carbocycles. The Morgan fingerprint density at radius 1 is 1.09 bits per heavy atom. The van der Waals surface area contributed by atoms with E-state index in [4.69, 9.17) is 0 Å². The Morgan fingerprint density at radius 2 is 2.00 bits per heavy atom. The molecule has 6 heteroatoms. The minimum atomic E-state index is -0.266. The number of para-hydroxylation sites is 1. The van der Waals surface area contributed by atoms with E-state index in [0.717, 1.165) is 21.8 Å². The molecule has 22 heavy (non-hydrogen) atoms. The van der Waals surface area contributed by atoms with Gasteiger partial charge in [-0.1, -0.05) is 18.2 Å². The van der Waals surface area contributed by atoms with E-state index in [1.165, 1.54) is 6.33 Å². The summed E-state index contributed by atoms with van der Waals surface area (Å²) in [5, 5.41) is 11.4. The summed E-state index contributed by atoms with van der Waals surface area (Å²) in [6.45, 7) is 0. The lowest BCUT2D eigenvalue weighted by molar-refractivity contribution is 0.102. The second-order valence-corrected chi connectivity index (χ2v) is 4.87. The number of hydrogen-bond acceptors (Lipinski definition) is 4. The average Bonchev–Trinajstić information content (AvgIpc) is 3.02. The van der Waals surface area contributed by atoms with Gasteiger partial charge in [-0.3, -0.25) is 9.89 Å². The Bertz CT molecular complexity index is 987. The maximum absolute atomic E-state index is 12.5. The zero-order valence-electron chi connectivity index (χ0n) is 11.4. The number of anilines is 1. The van der Waals surface area contributed by atoms with Crippen molar-refractivity contribution in [1.29, 1.82) is 0 Å². The van der Waals surface area contributed by atoms with Crippen LogP contribution >= 0.6 is 0 Å². The molecule has 0 aliphatic carbocycles. The molecule has 2 aromatic heterocycles. The largest absolute Gasteiger partial charge is 0.321 e. The molecule has 0 unspecified atom stereocenters. The lowest BCUT2D eigenvalue weighted by atomic mass is 10.1. The van der Waals surface area contributed by atoms with Gasteiger partial charge in [0.25, 0.3) is 5.91 Å². The van der Waals surface area contributed by atoms with Gasteiger partial charge in [0, 0.05) is 16.5 Å². The highest BCUT2D eigenvalue weighted by Crippen LogP contribution is 2.19. The molecule has 0 aliphatic rings. The first-order chi connectivity index (χ1) is 10.8. The van der Waals surface area contributed by atoms with Crippen LogP contribution in [0.25, 0.3) is 21.8 Å². The van der Waals surface area contributed by atoms with E-state index in [2.05, 4.69) is 25.5 Å². The number of amides is 1. The predicted molar refractivity (Wildman–Crippen MR) is 83.6 cm³/mol. The molecule has 4 rings (SSSR count). The van der Waals surface area contributed by atoms with Crippen LogP contribution in [-0.4, -0.2) is 26.1 Å². The first kappa shape index (κ1) is 12.5. The number of carbonyl (C=O) groups is 1. The van der Waals surface area contributed by atoms with Crippen LogP contribution in [0.4, 0.5) is 5.69 Å². The summed E-state index contributed by atoms with van der Waals surface area (Å²) in [6, 6.07) is 13.0. The van der Waals surface area contributed by atoms with Crippen molar-refractivity contribution in [3.05, 3.63) is 60.7 Å². The zero-order valence-corrected chi connectivity index (χ0v) is 11.4. The van der Waals surface area contributed by atoms with Crippen LogP contribution in [0.1, 0.15) is 10.5 Å². The standard InChI is InChI=1S/C16H11N5O/c22-16(15-12-3-1-2-4-13(12)17-9-18-15)20-11-6-5-10-8-19-21-14(10)7-11/h1-9H,(H,19,21)(H,20,22). The van der Waals surface area contributed by atoms with Crippen LogP contribution in [0.3, 0.4) is 0 Å². The van der Waals surface area contributed by atoms with E-state index in [1.807, 2.05) is 42.5 Å². The van der Waals surface area contributed by atoms with Gasteiger partial charge in [0.1, 0.15) is 12.0 Å². The van der Waals surface area contributed by atoms with Crippen molar-refractivity contribution < 1.29 is 4.79 Å². The highest BCUT2D eigenvalue weighted by atomic mass is 16.1. The Morgan fingerprint density at radius 3 is 2.95 bits per heavy atom. The van der Waals surface area contributed by atoms with Crippen molar-refractivity contribution in [3.8, 4) is 0 Å². The first-order valence-electron chi connectivity index (χ1n) is 6.75. The zero-order chi connectivity index (χ0) is 14.9. The molecule has 0 aliphatic heterocycles. The van der Waals surface area contributed by atoms with E-state index in [0.29, 0.717) is 11.4 Å². The second-order valence-electron chi connectivity index (χ2n) is 4.87. The number of benzene rings is 2. The van der Waals surface area contributed by atoms with E-state index in [-0.39, 0.29) is 5.91 Å². The third-order valence-electron chi connectivity index (χ3n) is 3.46. The van der Waals surface area contributed by atoms with Crippen LogP contribution in [-0.2, 0) is 0 Å². The molecule has 0 saturated heterocycles. The number of nitrogens with one attached hydrogen (secondary N) is 2. The molecule has 0 fully saturated rings. The Labute approximate surface area is 125 Å². The van der Waals surface area contributed by atoms with E-state index < -0.39 is 0 Å². The smallest absolute Gasteiger partial charge is 0.275 e. The monoisotopic (exact) mass is 289 g/mol. The van der Waals surface area contributed by atoms with Gasteiger partial charge in [0.2, 0.25) is 0 Å². The van der Waals surface area contributed by atoms with E-state index in [9.17, 15) is 4.79 Å². The Kier molecular flexibility index (Phi) is 2.79. The van der Waals surface area contributed by atoms with Crippen molar-refractivity contribution in [3.63, 3.8) is 0 Å². The molecule has 0 radical (unpaired) electrons. The Hall–Kier alpha value is -3.28. The average molecular weight is 289 g/mol. The molecule has 1 amide bonds. The lowest BCUT2D eigenvalue weighted by Crippen LogP contribution is -2.14. The molecular formula is C16H11N5O. The van der Waals surface area contributed by atoms with Crippen LogP contribution < -0.4 is 5.32 Å². The molecule has 6 nitrogen and oxygen atoms in total. The number of carbonyl (C=O) groups excluding carboxylic acids is 1. The fourth-order valence-electron chi connectivity index (χ4n) is 2.39. The number of rotatable bonds is 2. The summed E-state index contributed by atoms with van der Waals surface area (Å²) < 4.78 is 0. The number of hydrogen-bond donors (Lipinski definition) is 2. The fraction of sp³-hybridized carbons (Fsp3) is 0. The van der Waals surface area contributed by atoms with Gasteiger partial charge in [0.15, 0.2) is 0 Å². The quantitative estimate of drug-likeness (QED) is 0.594. The van der Waals surface area contributed by atoms with Crippen molar-refractivity contribution >= 4 is 33.4 Å². The predicted octanol–water partition coefficient (Wildman–Crippen LogP) is 2.76. The summed E-state index contributed by atoms with van der Waals surface area (Å²) >= 11 is 0. The number of aromatic amines is 1. The van der Waals surface area contributed by atoms with Crippen molar-refractivity contribution in [1.82, 2.24) is 20.2 Å². The normalized spacial score (nSPS) is 10.9.